The molecule has 2 aliphatic heterocycles. The zero-order chi connectivity index (χ0) is 27.5. The lowest BCUT2D eigenvalue weighted by Gasteiger charge is -2.40. The first-order valence-electron chi connectivity index (χ1n) is 13.2. The van der Waals surface area contributed by atoms with Gasteiger partial charge in [0.2, 0.25) is 10.0 Å². The molecule has 3 fully saturated rings. The van der Waals surface area contributed by atoms with Crippen LogP contribution in [0.2, 0.25) is 0 Å². The Balaban J connectivity index is 0.000000695. The highest BCUT2D eigenvalue weighted by Gasteiger charge is 2.65. The van der Waals surface area contributed by atoms with E-state index in [1.807, 2.05) is 27.7 Å². The van der Waals surface area contributed by atoms with Gasteiger partial charge in [-0.1, -0.05) is 19.0 Å². The molecule has 37 heavy (non-hydrogen) atoms. The number of hydrogen-bond donors (Lipinski definition) is 2. The van der Waals surface area contributed by atoms with Crippen molar-refractivity contribution in [2.75, 3.05) is 38.6 Å². The molecule has 2 N–H and O–H groups in total. The predicted octanol–water partition coefficient (Wildman–Crippen LogP) is 1.96. The summed E-state index contributed by atoms with van der Waals surface area (Å²) in [6.07, 6.45) is 2.89. The van der Waals surface area contributed by atoms with E-state index in [-0.39, 0.29) is 61.1 Å². The Kier molecular flexibility index (Phi) is 9.06. The summed E-state index contributed by atoms with van der Waals surface area (Å²) in [7, 11) is -3.63. The molecule has 11 nitrogen and oxygen atoms in total. The molecule has 1 amide bonds. The first kappa shape index (κ1) is 29.5. The summed E-state index contributed by atoms with van der Waals surface area (Å²) >= 11 is 0. The Labute approximate surface area is 219 Å². The van der Waals surface area contributed by atoms with Crippen LogP contribution in [0.4, 0.5) is 0 Å². The quantitative estimate of drug-likeness (QED) is 0.448. The third kappa shape index (κ3) is 6.01. The summed E-state index contributed by atoms with van der Waals surface area (Å²) < 4.78 is 32.9. The Hall–Kier alpha value is -2.05. The van der Waals surface area contributed by atoms with Gasteiger partial charge < -0.3 is 20.0 Å². The number of Topliss-reactive ketones (excluding diaryl/α,β-unsaturated/α-hetero) is 1. The lowest BCUT2D eigenvalue weighted by Crippen LogP contribution is -2.51. The van der Waals surface area contributed by atoms with Gasteiger partial charge in [-0.05, 0) is 38.0 Å². The first-order chi connectivity index (χ1) is 17.3. The molecule has 210 valence electrons. The second-order valence-corrected chi connectivity index (χ2v) is 13.0. The molecule has 0 radical (unpaired) electrons. The Morgan fingerprint density at radius 1 is 1.19 bits per heavy atom. The summed E-state index contributed by atoms with van der Waals surface area (Å²) in [5.41, 5.74) is -1.62. The molecule has 2 aliphatic carbocycles. The molecule has 2 atom stereocenters. The summed E-state index contributed by atoms with van der Waals surface area (Å²) in [6, 6.07) is 0. The third-order valence-corrected chi connectivity index (χ3v) is 10.7. The Bertz CT molecular complexity index is 1010. The van der Waals surface area contributed by atoms with Crippen LogP contribution in [0, 0.1) is 16.7 Å². The highest BCUT2D eigenvalue weighted by molar-refractivity contribution is 7.89. The van der Waals surface area contributed by atoms with Crippen LogP contribution in [0.3, 0.4) is 0 Å². The van der Waals surface area contributed by atoms with Gasteiger partial charge in [0.1, 0.15) is 17.1 Å². The van der Waals surface area contributed by atoms with Gasteiger partial charge in [0.25, 0.3) is 5.91 Å². The fourth-order valence-corrected chi connectivity index (χ4v) is 8.40. The molecule has 2 saturated carbocycles. The number of hydrogen-bond acceptors (Lipinski definition) is 8. The molecular formula is C25H41N3O8S. The van der Waals surface area contributed by atoms with Crippen molar-refractivity contribution in [3.63, 3.8) is 0 Å². The molecule has 2 bridgehead atoms. The van der Waals surface area contributed by atoms with E-state index in [1.165, 1.54) is 4.31 Å². The molecule has 4 aliphatic rings. The average molecular weight is 544 g/mol. The molecule has 1 spiro atoms. The van der Waals surface area contributed by atoms with Gasteiger partial charge in [0.15, 0.2) is 0 Å². The number of carbonyl (C=O) groups is 3. The molecule has 12 heteroatoms. The van der Waals surface area contributed by atoms with E-state index in [9.17, 15) is 22.8 Å². The van der Waals surface area contributed by atoms with E-state index in [0.29, 0.717) is 25.7 Å². The van der Waals surface area contributed by atoms with Gasteiger partial charge in [-0.2, -0.15) is 0 Å². The molecular weight excluding hydrogens is 502 g/mol. The monoisotopic (exact) mass is 543 g/mol. The van der Waals surface area contributed by atoms with Gasteiger partial charge in [-0.25, -0.2) is 12.7 Å². The number of aliphatic carboxylic acids is 1. The number of nitrogens with zero attached hydrogens (tertiary/aromatic N) is 2. The van der Waals surface area contributed by atoms with Crippen LogP contribution < -0.4 is 5.32 Å². The van der Waals surface area contributed by atoms with Crippen molar-refractivity contribution < 1.29 is 37.5 Å². The van der Waals surface area contributed by atoms with Crippen LogP contribution in [0.15, 0.2) is 5.16 Å². The molecule has 4 rings (SSSR count). The number of fused-ring (bicyclic) bond motifs is 2. The van der Waals surface area contributed by atoms with Crippen molar-refractivity contribution in [3.8, 4) is 0 Å². The normalized spacial score (nSPS) is 27.8. The van der Waals surface area contributed by atoms with E-state index in [0.717, 1.165) is 19.6 Å². The summed E-state index contributed by atoms with van der Waals surface area (Å²) in [5, 5.41) is 15.1. The smallest absolute Gasteiger partial charge is 0.305 e. The number of piperidine rings is 1. The number of carbonyl (C=O) groups excluding carboxylic acids is 2. The number of amides is 1. The minimum absolute atomic E-state index is 0.00385. The minimum Gasteiger partial charge on any atom is -0.481 e. The van der Waals surface area contributed by atoms with Gasteiger partial charge in [0, 0.05) is 63.9 Å². The Morgan fingerprint density at radius 3 is 2.32 bits per heavy atom. The van der Waals surface area contributed by atoms with E-state index < -0.39 is 32.9 Å². The van der Waals surface area contributed by atoms with Crippen molar-refractivity contribution in [3.05, 3.63) is 0 Å². The van der Waals surface area contributed by atoms with Crippen molar-refractivity contribution in [2.24, 2.45) is 21.9 Å². The number of ether oxygens (including phenoxy) is 1. The highest BCUT2D eigenvalue weighted by atomic mass is 32.2. The molecule has 0 aromatic rings. The van der Waals surface area contributed by atoms with E-state index in [1.54, 1.807) is 0 Å². The van der Waals surface area contributed by atoms with Crippen molar-refractivity contribution in [1.29, 1.82) is 0 Å². The van der Waals surface area contributed by atoms with Crippen LogP contribution in [0.25, 0.3) is 0 Å². The second kappa shape index (κ2) is 11.4. The van der Waals surface area contributed by atoms with Crippen LogP contribution >= 0.6 is 0 Å². The van der Waals surface area contributed by atoms with Crippen LogP contribution in [0.5, 0.6) is 0 Å². The SMILES string of the molecule is CC1(C)C2CCC1(CS(=O)(=O)N1CCC3(CC1)CC(C(=O)NCCC(=O)O)=NO3)C(=O)C2.CCOCC. The maximum Gasteiger partial charge on any atom is 0.305 e. The topological polar surface area (TPSA) is 152 Å². The molecule has 1 saturated heterocycles. The van der Waals surface area contributed by atoms with Gasteiger partial charge in [0.05, 0.1) is 12.2 Å². The summed E-state index contributed by atoms with van der Waals surface area (Å²) in [6.45, 7) is 10.2. The lowest BCUT2D eigenvalue weighted by atomic mass is 9.70. The molecule has 2 heterocycles. The van der Waals surface area contributed by atoms with Gasteiger partial charge >= 0.3 is 5.97 Å². The number of carboxylic acids is 1. The number of nitrogens with one attached hydrogen (secondary N) is 1. The zero-order valence-electron chi connectivity index (χ0n) is 22.4. The average Bonchev–Trinajstić information content (AvgIpc) is 3.40. The molecule has 0 aromatic carbocycles. The summed E-state index contributed by atoms with van der Waals surface area (Å²) in [4.78, 5) is 41.1. The number of sulfonamides is 1. The maximum absolute atomic E-state index is 13.3. The first-order valence-corrected chi connectivity index (χ1v) is 14.8. The number of carboxylic acid groups (broad SMARTS) is 1. The van der Waals surface area contributed by atoms with Gasteiger partial charge in [-0.15, -0.1) is 0 Å². The second-order valence-electron chi connectivity index (χ2n) is 11.0. The van der Waals surface area contributed by atoms with Crippen molar-refractivity contribution in [2.45, 2.75) is 78.2 Å². The zero-order valence-corrected chi connectivity index (χ0v) is 23.2. The largest absolute Gasteiger partial charge is 0.481 e. The number of oxime groups is 1. The predicted molar refractivity (Wildman–Crippen MR) is 136 cm³/mol. The lowest BCUT2D eigenvalue weighted by molar-refractivity contribution is -0.137. The standard InChI is InChI=1S/C21H31N3O7S.C4H10O/c1-19(2)14-3-5-21(19,16(25)11-14)13-32(29,30)24-9-6-20(7-10-24)12-15(23-31-20)18(28)22-8-4-17(26)27;1-3-5-4-2/h14H,3-13H2,1-2H3,(H,22,28)(H,26,27);3-4H2,1-2H3. The maximum atomic E-state index is 13.3. The Morgan fingerprint density at radius 2 is 1.84 bits per heavy atom. The number of ketones is 1. The number of rotatable bonds is 9. The molecule has 2 unspecified atom stereocenters. The molecule has 0 aromatic heterocycles. The summed E-state index contributed by atoms with van der Waals surface area (Å²) in [5.74, 6) is -1.25. The van der Waals surface area contributed by atoms with Gasteiger partial charge in [-0.3, -0.25) is 14.4 Å². The van der Waals surface area contributed by atoms with Crippen LogP contribution in [-0.2, 0) is 34.0 Å². The van der Waals surface area contributed by atoms with Crippen LogP contribution in [0.1, 0.15) is 72.6 Å². The van der Waals surface area contributed by atoms with E-state index in [4.69, 9.17) is 14.7 Å². The van der Waals surface area contributed by atoms with Crippen LogP contribution in [-0.4, -0.2) is 85.4 Å². The van der Waals surface area contributed by atoms with Crippen molar-refractivity contribution in [1.82, 2.24) is 9.62 Å². The van der Waals surface area contributed by atoms with E-state index in [2.05, 4.69) is 10.5 Å². The fraction of sp³-hybridized carbons (Fsp3) is 0.840. The van der Waals surface area contributed by atoms with Crippen molar-refractivity contribution >= 4 is 33.4 Å². The van der Waals surface area contributed by atoms with E-state index >= 15 is 0 Å². The third-order valence-electron chi connectivity index (χ3n) is 8.73. The minimum atomic E-state index is -3.63. The highest BCUT2D eigenvalue weighted by Crippen LogP contribution is 2.64. The fourth-order valence-electron chi connectivity index (χ4n) is 6.18.